The highest BCUT2D eigenvalue weighted by Gasteiger charge is 2.31. The second-order valence-electron chi connectivity index (χ2n) is 8.36. The van der Waals surface area contributed by atoms with E-state index in [0.29, 0.717) is 16.5 Å². The molecule has 1 aromatic heterocycles. The zero-order valence-corrected chi connectivity index (χ0v) is 16.4. The fourth-order valence-corrected chi connectivity index (χ4v) is 5.07. The molecule has 5 heteroatoms. The van der Waals surface area contributed by atoms with Gasteiger partial charge in [0.1, 0.15) is 5.82 Å². The fraction of sp³-hybridized carbons (Fsp3) is 0.375. The lowest BCUT2D eigenvalue weighted by Gasteiger charge is -2.42. The summed E-state index contributed by atoms with van der Waals surface area (Å²) in [5.41, 5.74) is 2.97. The number of aromatic nitrogens is 1. The zero-order chi connectivity index (χ0) is 19.8. The number of hydrogen-bond donors (Lipinski definition) is 2. The number of fused-ring (bicyclic) bond motifs is 2. The summed E-state index contributed by atoms with van der Waals surface area (Å²) < 4.78 is 14.2. The minimum atomic E-state index is -0.373. The van der Waals surface area contributed by atoms with Gasteiger partial charge in [-0.3, -0.25) is 4.99 Å². The van der Waals surface area contributed by atoms with Crippen molar-refractivity contribution in [3.8, 4) is 5.88 Å². The van der Waals surface area contributed by atoms with Crippen LogP contribution in [0.25, 0.3) is 10.9 Å². The summed E-state index contributed by atoms with van der Waals surface area (Å²) in [7, 11) is 0. The number of benzene rings is 2. The third-order valence-electron chi connectivity index (χ3n) is 6.64. The second kappa shape index (κ2) is 7.54. The number of aromatic hydroxyl groups is 1. The average molecular weight is 391 g/mol. The van der Waals surface area contributed by atoms with E-state index in [0.717, 1.165) is 30.6 Å². The molecule has 0 radical (unpaired) electrons. The van der Waals surface area contributed by atoms with Crippen molar-refractivity contribution in [1.82, 2.24) is 4.98 Å². The normalized spacial score (nSPS) is 22.3. The summed E-state index contributed by atoms with van der Waals surface area (Å²) in [5, 5.41) is 10.5. The van der Waals surface area contributed by atoms with E-state index in [1.807, 2.05) is 12.1 Å². The SMILES string of the molecule is Oc1[nH]c2cccc(F)c2c1C=Nc1ccc(N2CCC3CCCCC3C2)cc1. The van der Waals surface area contributed by atoms with Crippen LogP contribution in [0.2, 0.25) is 0 Å². The maximum absolute atomic E-state index is 14.2. The third kappa shape index (κ3) is 3.50. The molecule has 4 nitrogen and oxygen atoms in total. The molecule has 0 spiro atoms. The third-order valence-corrected chi connectivity index (χ3v) is 6.64. The molecule has 1 aliphatic heterocycles. The lowest BCUT2D eigenvalue weighted by molar-refractivity contribution is 0.202. The van der Waals surface area contributed by atoms with E-state index in [1.54, 1.807) is 12.1 Å². The van der Waals surface area contributed by atoms with Crippen LogP contribution in [0, 0.1) is 17.7 Å². The first-order valence-electron chi connectivity index (χ1n) is 10.6. The van der Waals surface area contributed by atoms with Gasteiger partial charge in [0, 0.05) is 30.4 Å². The number of halogens is 1. The predicted molar refractivity (Wildman–Crippen MR) is 116 cm³/mol. The molecule has 2 fully saturated rings. The standard InChI is InChI=1S/C24H26FN3O/c25-21-6-3-7-22-23(21)20(24(29)27-22)14-26-18-8-10-19(11-9-18)28-13-12-16-4-1-2-5-17(16)15-28/h3,6-11,14,16-17,27,29H,1-2,4-5,12-13,15H2. The number of hydrogen-bond acceptors (Lipinski definition) is 3. The maximum Gasteiger partial charge on any atom is 0.198 e. The molecule has 3 aromatic rings. The number of aliphatic imine (C=N–C) groups is 1. The first-order chi connectivity index (χ1) is 14.2. The Hall–Kier alpha value is -2.82. The number of H-pyrrole nitrogens is 1. The zero-order valence-electron chi connectivity index (χ0n) is 16.4. The molecule has 29 heavy (non-hydrogen) atoms. The molecule has 2 atom stereocenters. The van der Waals surface area contributed by atoms with Crippen LogP contribution in [-0.2, 0) is 0 Å². The van der Waals surface area contributed by atoms with Gasteiger partial charge in [0.05, 0.1) is 16.8 Å². The molecule has 1 aliphatic carbocycles. The van der Waals surface area contributed by atoms with Gasteiger partial charge in [-0.25, -0.2) is 4.39 Å². The number of nitrogens with zero attached hydrogens (tertiary/aromatic N) is 2. The Morgan fingerprint density at radius 2 is 1.83 bits per heavy atom. The van der Waals surface area contributed by atoms with Crippen molar-refractivity contribution in [2.24, 2.45) is 16.8 Å². The smallest absolute Gasteiger partial charge is 0.198 e. The summed E-state index contributed by atoms with van der Waals surface area (Å²) in [6, 6.07) is 12.9. The Bertz CT molecular complexity index is 1040. The van der Waals surface area contributed by atoms with Gasteiger partial charge in [0.25, 0.3) is 0 Å². The van der Waals surface area contributed by atoms with Gasteiger partial charge >= 0.3 is 0 Å². The molecule has 2 aliphatic rings. The van der Waals surface area contributed by atoms with Gasteiger partial charge < -0.3 is 15.0 Å². The Kier molecular flexibility index (Phi) is 4.74. The Morgan fingerprint density at radius 1 is 1.03 bits per heavy atom. The minimum absolute atomic E-state index is 0.0687. The summed E-state index contributed by atoms with van der Waals surface area (Å²) in [5.74, 6) is 1.32. The van der Waals surface area contributed by atoms with E-state index in [-0.39, 0.29) is 11.7 Å². The van der Waals surface area contributed by atoms with Crippen molar-refractivity contribution in [2.75, 3.05) is 18.0 Å². The highest BCUT2D eigenvalue weighted by atomic mass is 19.1. The lowest BCUT2D eigenvalue weighted by atomic mass is 9.75. The number of rotatable bonds is 3. The van der Waals surface area contributed by atoms with Gasteiger partial charge in [0.15, 0.2) is 5.88 Å². The van der Waals surface area contributed by atoms with E-state index in [4.69, 9.17) is 0 Å². The number of piperidine rings is 1. The van der Waals surface area contributed by atoms with E-state index < -0.39 is 0 Å². The monoisotopic (exact) mass is 391 g/mol. The topological polar surface area (TPSA) is 51.6 Å². The first-order valence-corrected chi connectivity index (χ1v) is 10.6. The largest absolute Gasteiger partial charge is 0.494 e. The Labute approximate surface area is 170 Å². The fourth-order valence-electron chi connectivity index (χ4n) is 5.07. The van der Waals surface area contributed by atoms with Gasteiger partial charge in [-0.1, -0.05) is 25.3 Å². The van der Waals surface area contributed by atoms with Crippen LogP contribution in [0.5, 0.6) is 5.88 Å². The van der Waals surface area contributed by atoms with Crippen molar-refractivity contribution >= 4 is 28.5 Å². The molecule has 2 unspecified atom stereocenters. The van der Waals surface area contributed by atoms with Crippen molar-refractivity contribution in [3.05, 3.63) is 53.8 Å². The summed E-state index contributed by atoms with van der Waals surface area (Å²) in [4.78, 5) is 9.76. The molecular formula is C24H26FN3O. The van der Waals surface area contributed by atoms with E-state index in [2.05, 4.69) is 27.0 Å². The molecule has 0 bridgehead atoms. The van der Waals surface area contributed by atoms with Crippen LogP contribution in [0.1, 0.15) is 37.7 Å². The van der Waals surface area contributed by atoms with Gasteiger partial charge in [-0.05, 0) is 61.1 Å². The molecule has 2 N–H and O–H groups in total. The van der Waals surface area contributed by atoms with Crippen LogP contribution in [0.4, 0.5) is 15.8 Å². The summed E-state index contributed by atoms with van der Waals surface area (Å²) in [6.45, 7) is 2.29. The van der Waals surface area contributed by atoms with Crippen LogP contribution in [-0.4, -0.2) is 29.4 Å². The quantitative estimate of drug-likeness (QED) is 0.556. The number of nitrogens with one attached hydrogen (secondary N) is 1. The predicted octanol–water partition coefficient (Wildman–Crippen LogP) is 5.78. The summed E-state index contributed by atoms with van der Waals surface area (Å²) in [6.07, 6.45) is 8.39. The van der Waals surface area contributed by atoms with Gasteiger partial charge in [-0.2, -0.15) is 0 Å². The lowest BCUT2D eigenvalue weighted by Crippen LogP contribution is -2.41. The molecule has 1 saturated carbocycles. The van der Waals surface area contributed by atoms with Crippen LogP contribution >= 0.6 is 0 Å². The number of anilines is 1. The van der Waals surface area contributed by atoms with E-state index in [9.17, 15) is 9.50 Å². The highest BCUT2D eigenvalue weighted by Crippen LogP contribution is 2.37. The maximum atomic E-state index is 14.2. The van der Waals surface area contributed by atoms with E-state index >= 15 is 0 Å². The minimum Gasteiger partial charge on any atom is -0.494 e. The van der Waals surface area contributed by atoms with Crippen LogP contribution in [0.3, 0.4) is 0 Å². The van der Waals surface area contributed by atoms with Gasteiger partial charge in [0.2, 0.25) is 0 Å². The van der Waals surface area contributed by atoms with Crippen molar-refractivity contribution in [3.63, 3.8) is 0 Å². The van der Waals surface area contributed by atoms with Crippen LogP contribution in [0.15, 0.2) is 47.5 Å². The molecular weight excluding hydrogens is 365 g/mol. The Morgan fingerprint density at radius 3 is 2.66 bits per heavy atom. The summed E-state index contributed by atoms with van der Waals surface area (Å²) >= 11 is 0. The van der Waals surface area contributed by atoms with Crippen LogP contribution < -0.4 is 4.90 Å². The molecule has 150 valence electrons. The first kappa shape index (κ1) is 18.2. The van der Waals surface area contributed by atoms with Crippen molar-refractivity contribution in [2.45, 2.75) is 32.1 Å². The Balaban J connectivity index is 1.33. The van der Waals surface area contributed by atoms with Crippen molar-refractivity contribution < 1.29 is 9.50 Å². The molecule has 2 heterocycles. The molecule has 1 saturated heterocycles. The molecule has 5 rings (SSSR count). The van der Waals surface area contributed by atoms with E-state index in [1.165, 1.54) is 50.1 Å². The number of aromatic amines is 1. The van der Waals surface area contributed by atoms with Gasteiger partial charge in [-0.15, -0.1) is 0 Å². The highest BCUT2D eigenvalue weighted by molar-refractivity contribution is 6.02. The molecule has 0 amide bonds. The van der Waals surface area contributed by atoms with Crippen molar-refractivity contribution in [1.29, 1.82) is 0 Å². The molecule has 2 aromatic carbocycles. The second-order valence-corrected chi connectivity index (χ2v) is 8.36. The average Bonchev–Trinajstić information content (AvgIpc) is 3.08.